The van der Waals surface area contributed by atoms with Crippen molar-refractivity contribution in [2.75, 3.05) is 13.1 Å². The summed E-state index contributed by atoms with van der Waals surface area (Å²) in [5, 5.41) is 4.40. The van der Waals surface area contributed by atoms with Gasteiger partial charge in [0.1, 0.15) is 0 Å². The summed E-state index contributed by atoms with van der Waals surface area (Å²) in [6.45, 7) is 2.90. The van der Waals surface area contributed by atoms with E-state index >= 15 is 0 Å². The Labute approximate surface area is 118 Å². The molecule has 0 amide bonds. The Morgan fingerprint density at radius 2 is 2.05 bits per heavy atom. The van der Waals surface area contributed by atoms with E-state index in [0.29, 0.717) is 6.04 Å². The highest BCUT2D eigenvalue weighted by molar-refractivity contribution is 7.07. The van der Waals surface area contributed by atoms with Crippen molar-refractivity contribution in [2.45, 2.75) is 25.4 Å². The van der Waals surface area contributed by atoms with Gasteiger partial charge in [-0.25, -0.2) is 0 Å². The maximum Gasteiger partial charge on any atom is 0.0262 e. The molecule has 0 saturated carbocycles. The second-order valence-corrected chi connectivity index (χ2v) is 5.99. The van der Waals surface area contributed by atoms with Crippen LogP contribution in [0.3, 0.4) is 0 Å². The topological polar surface area (TPSA) is 29.3 Å². The number of hydrogen-bond donors (Lipinski definition) is 1. The monoisotopic (exact) mass is 272 g/mol. The van der Waals surface area contributed by atoms with Gasteiger partial charge in [0, 0.05) is 25.7 Å². The van der Waals surface area contributed by atoms with E-state index in [-0.39, 0.29) is 0 Å². The Morgan fingerprint density at radius 3 is 2.79 bits per heavy atom. The molecule has 3 rings (SSSR count). The van der Waals surface area contributed by atoms with E-state index in [4.69, 9.17) is 5.73 Å². The maximum atomic E-state index is 5.96. The van der Waals surface area contributed by atoms with Crippen LogP contribution in [0.25, 0.3) is 0 Å². The van der Waals surface area contributed by atoms with Gasteiger partial charge >= 0.3 is 0 Å². The number of nitrogens with zero attached hydrogens (tertiary/aromatic N) is 1. The van der Waals surface area contributed by atoms with E-state index in [0.717, 1.165) is 32.5 Å². The first kappa shape index (κ1) is 12.9. The number of hydrogen-bond acceptors (Lipinski definition) is 3. The lowest BCUT2D eigenvalue weighted by Gasteiger charge is -2.36. The Kier molecular flexibility index (Phi) is 3.97. The standard InChI is InChI=1S/C16H20N2S/c17-10-16-9-14-3-1-2-4-15(14)11-18(16)7-5-13-6-8-19-12-13/h1-4,6,8,12,16H,5,7,9-11,17H2. The van der Waals surface area contributed by atoms with Gasteiger partial charge in [-0.3, -0.25) is 4.90 Å². The second kappa shape index (κ2) is 5.87. The van der Waals surface area contributed by atoms with Crippen LogP contribution in [0.2, 0.25) is 0 Å². The van der Waals surface area contributed by atoms with E-state index in [9.17, 15) is 0 Å². The number of rotatable bonds is 4. The van der Waals surface area contributed by atoms with Gasteiger partial charge in [-0.05, 0) is 46.4 Å². The van der Waals surface area contributed by atoms with Gasteiger partial charge in [0.25, 0.3) is 0 Å². The average molecular weight is 272 g/mol. The van der Waals surface area contributed by atoms with Gasteiger partial charge < -0.3 is 5.73 Å². The maximum absolute atomic E-state index is 5.96. The molecule has 0 spiro atoms. The molecule has 3 heteroatoms. The quantitative estimate of drug-likeness (QED) is 0.927. The zero-order valence-electron chi connectivity index (χ0n) is 11.1. The minimum Gasteiger partial charge on any atom is -0.329 e. The molecule has 2 N–H and O–H groups in total. The van der Waals surface area contributed by atoms with E-state index in [1.807, 2.05) is 0 Å². The molecule has 1 unspecified atom stereocenters. The van der Waals surface area contributed by atoms with Gasteiger partial charge in [0.15, 0.2) is 0 Å². The fraction of sp³-hybridized carbons (Fsp3) is 0.375. The molecule has 0 bridgehead atoms. The van der Waals surface area contributed by atoms with Crippen molar-refractivity contribution in [3.05, 3.63) is 57.8 Å². The number of nitrogens with two attached hydrogens (primary N) is 1. The van der Waals surface area contributed by atoms with E-state index in [1.165, 1.54) is 16.7 Å². The van der Waals surface area contributed by atoms with Gasteiger partial charge in [-0.2, -0.15) is 11.3 Å². The predicted molar refractivity (Wildman–Crippen MR) is 81.4 cm³/mol. The molecule has 2 nitrogen and oxygen atoms in total. The number of benzene rings is 1. The third-order valence-corrected chi connectivity index (χ3v) is 4.74. The molecular formula is C16H20N2S. The van der Waals surface area contributed by atoms with Crippen LogP contribution in [0.4, 0.5) is 0 Å². The summed E-state index contributed by atoms with van der Waals surface area (Å²) in [7, 11) is 0. The van der Waals surface area contributed by atoms with E-state index in [2.05, 4.69) is 46.0 Å². The van der Waals surface area contributed by atoms with Crippen LogP contribution < -0.4 is 5.73 Å². The normalized spacial score (nSPS) is 19.3. The van der Waals surface area contributed by atoms with Gasteiger partial charge in [-0.1, -0.05) is 24.3 Å². The molecule has 1 atom stereocenters. The lowest BCUT2D eigenvalue weighted by molar-refractivity contribution is 0.178. The first-order valence-corrected chi connectivity index (χ1v) is 7.83. The summed E-state index contributed by atoms with van der Waals surface area (Å²) in [6, 6.07) is 11.5. The van der Waals surface area contributed by atoms with Crippen LogP contribution in [0.5, 0.6) is 0 Å². The summed E-state index contributed by atoms with van der Waals surface area (Å²) >= 11 is 1.78. The van der Waals surface area contributed by atoms with Crippen LogP contribution in [0, 0.1) is 0 Å². The van der Waals surface area contributed by atoms with E-state index < -0.39 is 0 Å². The molecule has 2 heterocycles. The third kappa shape index (κ3) is 2.89. The minimum absolute atomic E-state index is 0.494. The van der Waals surface area contributed by atoms with Gasteiger partial charge in [-0.15, -0.1) is 0 Å². The molecular weight excluding hydrogens is 252 g/mol. The van der Waals surface area contributed by atoms with Crippen molar-refractivity contribution in [3.8, 4) is 0 Å². The zero-order valence-corrected chi connectivity index (χ0v) is 11.9. The highest BCUT2D eigenvalue weighted by atomic mass is 32.1. The average Bonchev–Trinajstić information content (AvgIpc) is 2.97. The van der Waals surface area contributed by atoms with Crippen LogP contribution in [0.1, 0.15) is 16.7 Å². The fourth-order valence-electron chi connectivity index (χ4n) is 2.84. The SMILES string of the molecule is NCC1Cc2ccccc2CN1CCc1ccsc1. The summed E-state index contributed by atoms with van der Waals surface area (Å²) in [5.41, 5.74) is 10.4. The molecule has 0 fully saturated rings. The lowest BCUT2D eigenvalue weighted by Crippen LogP contribution is -2.45. The Morgan fingerprint density at radius 1 is 1.21 bits per heavy atom. The molecule has 0 aliphatic carbocycles. The molecule has 0 saturated heterocycles. The first-order chi connectivity index (χ1) is 9.36. The van der Waals surface area contributed by atoms with Crippen molar-refractivity contribution in [2.24, 2.45) is 5.73 Å². The molecule has 1 aromatic carbocycles. The summed E-state index contributed by atoms with van der Waals surface area (Å²) < 4.78 is 0. The zero-order chi connectivity index (χ0) is 13.1. The van der Waals surface area contributed by atoms with Crippen molar-refractivity contribution < 1.29 is 0 Å². The van der Waals surface area contributed by atoms with Crippen LogP contribution >= 0.6 is 11.3 Å². The third-order valence-electron chi connectivity index (χ3n) is 4.00. The Hall–Kier alpha value is -1.16. The summed E-state index contributed by atoms with van der Waals surface area (Å²) in [4.78, 5) is 2.54. The number of thiophene rings is 1. The highest BCUT2D eigenvalue weighted by Gasteiger charge is 2.24. The van der Waals surface area contributed by atoms with E-state index in [1.54, 1.807) is 11.3 Å². The Bertz CT molecular complexity index is 521. The molecule has 1 aliphatic rings. The fourth-order valence-corrected chi connectivity index (χ4v) is 3.55. The minimum atomic E-state index is 0.494. The molecule has 0 radical (unpaired) electrons. The molecule has 1 aromatic heterocycles. The molecule has 2 aromatic rings. The molecule has 100 valence electrons. The second-order valence-electron chi connectivity index (χ2n) is 5.21. The summed E-state index contributed by atoms with van der Waals surface area (Å²) in [6.07, 6.45) is 2.22. The molecule has 19 heavy (non-hydrogen) atoms. The summed E-state index contributed by atoms with van der Waals surface area (Å²) in [5.74, 6) is 0. The lowest BCUT2D eigenvalue weighted by atomic mass is 9.93. The predicted octanol–water partition coefficient (Wildman–Crippen LogP) is 2.68. The highest BCUT2D eigenvalue weighted by Crippen LogP contribution is 2.23. The number of fused-ring (bicyclic) bond motifs is 1. The van der Waals surface area contributed by atoms with Crippen molar-refractivity contribution in [1.82, 2.24) is 4.90 Å². The van der Waals surface area contributed by atoms with Crippen LogP contribution in [-0.2, 0) is 19.4 Å². The Balaban J connectivity index is 1.70. The van der Waals surface area contributed by atoms with Crippen LogP contribution in [0.15, 0.2) is 41.1 Å². The van der Waals surface area contributed by atoms with Crippen LogP contribution in [-0.4, -0.2) is 24.0 Å². The van der Waals surface area contributed by atoms with Crippen molar-refractivity contribution >= 4 is 11.3 Å². The first-order valence-electron chi connectivity index (χ1n) is 6.89. The largest absolute Gasteiger partial charge is 0.329 e. The van der Waals surface area contributed by atoms with Crippen molar-refractivity contribution in [1.29, 1.82) is 0 Å². The molecule has 1 aliphatic heterocycles. The van der Waals surface area contributed by atoms with Crippen molar-refractivity contribution in [3.63, 3.8) is 0 Å². The van der Waals surface area contributed by atoms with Gasteiger partial charge in [0.05, 0.1) is 0 Å². The smallest absolute Gasteiger partial charge is 0.0262 e. The van der Waals surface area contributed by atoms with Gasteiger partial charge in [0.2, 0.25) is 0 Å².